The van der Waals surface area contributed by atoms with Gasteiger partial charge < -0.3 is 14.8 Å². The summed E-state index contributed by atoms with van der Waals surface area (Å²) in [5.41, 5.74) is 0.923. The van der Waals surface area contributed by atoms with Crippen LogP contribution in [0.15, 0.2) is 42.7 Å². The number of nitrogens with zero attached hydrogens (tertiary/aromatic N) is 4. The lowest BCUT2D eigenvalue weighted by atomic mass is 9.78. The number of halogens is 3. The monoisotopic (exact) mass is 589 g/mol. The van der Waals surface area contributed by atoms with Crippen molar-refractivity contribution >= 4 is 22.2 Å². The third-order valence-electron chi connectivity index (χ3n) is 8.92. The molecule has 8 nitrogen and oxygen atoms in total. The number of hydrogen-bond acceptors (Lipinski definition) is 6. The smallest absolute Gasteiger partial charge is 0.320 e. The molecule has 1 saturated carbocycles. The Hall–Kier alpha value is -2.93. The summed E-state index contributed by atoms with van der Waals surface area (Å²) in [5, 5.41) is 11.7. The second-order valence-corrected chi connectivity index (χ2v) is 14.3. The van der Waals surface area contributed by atoms with Crippen LogP contribution in [0.5, 0.6) is 0 Å². The van der Waals surface area contributed by atoms with E-state index in [0.29, 0.717) is 29.2 Å². The van der Waals surface area contributed by atoms with Crippen LogP contribution in [0.4, 0.5) is 18.9 Å². The molecule has 1 saturated heterocycles. The van der Waals surface area contributed by atoms with Gasteiger partial charge in [-0.25, -0.2) is 0 Å². The minimum absolute atomic E-state index is 0.0129. The first-order valence-corrected chi connectivity index (χ1v) is 15.7. The predicted molar refractivity (Wildman–Crippen MR) is 151 cm³/mol. The number of rotatable bonds is 7. The van der Waals surface area contributed by atoms with Crippen molar-refractivity contribution in [2.75, 3.05) is 16.4 Å². The van der Waals surface area contributed by atoms with Crippen LogP contribution in [0.25, 0.3) is 0 Å². The van der Waals surface area contributed by atoms with Crippen LogP contribution in [-0.4, -0.2) is 46.8 Å². The zero-order valence-corrected chi connectivity index (χ0v) is 23.8. The number of fused-ring (bicyclic) bond motifs is 1. The maximum absolute atomic E-state index is 14.2. The molecule has 0 spiro atoms. The average molecular weight is 590 g/mol. The third-order valence-corrected chi connectivity index (χ3v) is 10.8. The van der Waals surface area contributed by atoms with Gasteiger partial charge in [-0.15, -0.1) is 10.2 Å². The molecule has 1 aliphatic carbocycles. The van der Waals surface area contributed by atoms with E-state index in [0.717, 1.165) is 24.8 Å². The normalized spacial score (nSPS) is 22.9. The van der Waals surface area contributed by atoms with Gasteiger partial charge in [0.2, 0.25) is 0 Å². The van der Waals surface area contributed by atoms with Gasteiger partial charge in [0, 0.05) is 47.8 Å². The molecule has 3 aliphatic rings. The van der Waals surface area contributed by atoms with Crippen LogP contribution in [0, 0.1) is 5.92 Å². The van der Waals surface area contributed by atoms with Crippen LogP contribution in [0.2, 0.25) is 0 Å². The molecular formula is C29H34F3N5O3S. The van der Waals surface area contributed by atoms with Crippen molar-refractivity contribution in [2.45, 2.75) is 63.3 Å². The van der Waals surface area contributed by atoms with Crippen molar-refractivity contribution in [1.29, 1.82) is 0 Å². The number of carbonyl (C=O) groups is 1. The molecule has 0 bridgehead atoms. The number of aromatic nitrogens is 3. The fourth-order valence-corrected chi connectivity index (χ4v) is 8.33. The molecule has 2 aromatic carbocycles. The van der Waals surface area contributed by atoms with E-state index >= 15 is 0 Å². The fourth-order valence-electron chi connectivity index (χ4n) is 6.44. The van der Waals surface area contributed by atoms with Crippen molar-refractivity contribution in [2.24, 2.45) is 13.0 Å². The number of hydrogen-bond donors (Lipinski definition) is 3. The van der Waals surface area contributed by atoms with Gasteiger partial charge in [-0.05, 0) is 79.5 Å². The summed E-state index contributed by atoms with van der Waals surface area (Å²) < 4.78 is 65.2. The first-order valence-electron chi connectivity index (χ1n) is 13.8. The Morgan fingerprint density at radius 3 is 2.61 bits per heavy atom. The first-order chi connectivity index (χ1) is 19.3. The molecule has 2 atom stereocenters. The van der Waals surface area contributed by atoms with Crippen LogP contribution in [-0.2, 0) is 26.3 Å². The lowest BCUT2D eigenvalue weighted by molar-refractivity contribution is -0.138. The van der Waals surface area contributed by atoms with Crippen LogP contribution in [0.3, 0.4) is 0 Å². The van der Waals surface area contributed by atoms with Crippen LogP contribution in [0.1, 0.15) is 77.0 Å². The average Bonchev–Trinajstić information content (AvgIpc) is 3.58. The van der Waals surface area contributed by atoms with Gasteiger partial charge >= 0.3 is 6.18 Å². The maximum Gasteiger partial charge on any atom is 0.416 e. The van der Waals surface area contributed by atoms with E-state index in [9.17, 15) is 27.1 Å². The molecule has 2 aliphatic heterocycles. The number of anilines is 1. The Morgan fingerprint density at radius 1 is 1.22 bits per heavy atom. The Bertz CT molecular complexity index is 1490. The zero-order valence-electron chi connectivity index (χ0n) is 23.0. The Labute approximate surface area is 238 Å². The maximum atomic E-state index is 14.2. The van der Waals surface area contributed by atoms with Gasteiger partial charge in [0.05, 0.1) is 12.1 Å². The highest BCUT2D eigenvalue weighted by molar-refractivity contribution is 8.24. The molecule has 1 aromatic heterocycles. The topological polar surface area (TPSA) is 104 Å². The summed E-state index contributed by atoms with van der Waals surface area (Å²) in [7, 11) is -0.876. The first kappa shape index (κ1) is 28.2. The molecule has 0 radical (unpaired) electrons. The Morgan fingerprint density at radius 2 is 2.00 bits per heavy atom. The summed E-state index contributed by atoms with van der Waals surface area (Å²) in [6.07, 6.45) is 0.610. The Kier molecular flexibility index (Phi) is 6.95. The number of alkyl halides is 3. The summed E-state index contributed by atoms with van der Waals surface area (Å²) in [6, 6.07) is 9.95. The van der Waals surface area contributed by atoms with E-state index in [2.05, 4.69) is 22.4 Å². The number of carbonyl (C=O) groups excluding carboxylic acids is 1. The second kappa shape index (κ2) is 10.1. The summed E-state index contributed by atoms with van der Waals surface area (Å²) in [4.78, 5) is 15.0. The van der Waals surface area contributed by atoms with Crippen molar-refractivity contribution in [3.63, 3.8) is 0 Å². The van der Waals surface area contributed by atoms with Crippen molar-refractivity contribution < 1.29 is 27.1 Å². The van der Waals surface area contributed by atoms with E-state index < -0.39 is 28.2 Å². The number of benzene rings is 2. The molecule has 12 heteroatoms. The van der Waals surface area contributed by atoms with Crippen molar-refractivity contribution in [3.8, 4) is 0 Å². The minimum atomic E-state index is -4.60. The SMILES string of the molecule is Cn1cnnc1[C@H](c1cccc(N2Cc3c(cc(CNC4(C)CCC4)cc3C(F)(F)F)C2=O)c1)C1CCS(O)(O)C1. The number of amides is 1. The summed E-state index contributed by atoms with van der Waals surface area (Å²) in [6.45, 7) is 2.14. The molecule has 2 fully saturated rings. The number of nitrogens with one attached hydrogen (secondary N) is 1. The summed E-state index contributed by atoms with van der Waals surface area (Å²) in [5.74, 6) is 0.276. The van der Waals surface area contributed by atoms with Gasteiger partial charge in [-0.2, -0.15) is 23.8 Å². The van der Waals surface area contributed by atoms with E-state index in [1.807, 2.05) is 13.1 Å². The van der Waals surface area contributed by atoms with Gasteiger partial charge in [0.25, 0.3) is 5.91 Å². The van der Waals surface area contributed by atoms with E-state index in [1.165, 1.54) is 11.0 Å². The highest BCUT2D eigenvalue weighted by Crippen LogP contribution is 2.53. The molecule has 3 N–H and O–H groups in total. The van der Waals surface area contributed by atoms with Gasteiger partial charge in [0.15, 0.2) is 0 Å². The second-order valence-electron chi connectivity index (χ2n) is 11.9. The van der Waals surface area contributed by atoms with E-state index in [4.69, 9.17) is 0 Å². The molecule has 3 aromatic rings. The zero-order chi connectivity index (χ0) is 29.2. The minimum Gasteiger partial charge on any atom is -0.320 e. The fraction of sp³-hybridized carbons (Fsp3) is 0.483. The molecule has 1 unspecified atom stereocenters. The molecule has 6 rings (SSSR count). The van der Waals surface area contributed by atoms with Gasteiger partial charge in [-0.1, -0.05) is 12.1 Å². The number of aryl methyl sites for hydroxylation is 1. The van der Waals surface area contributed by atoms with Crippen LogP contribution < -0.4 is 10.2 Å². The lowest BCUT2D eigenvalue weighted by Crippen LogP contribution is -2.47. The molecule has 3 heterocycles. The van der Waals surface area contributed by atoms with Crippen molar-refractivity contribution in [1.82, 2.24) is 20.1 Å². The molecular weight excluding hydrogens is 555 g/mol. The standard InChI is InChI=1S/C29H34F3N5O3S/c1-28(8-4-9-28)33-14-18-11-22-23(24(12-18)29(30,31)32)15-37(27(22)38)21-6-3-5-19(13-21)25(26-35-34-17-36(26)2)20-7-10-41(39,40)16-20/h3,5-6,11-13,17,20,25,33,39-40H,4,7-10,14-16H2,1-2H3/t20?,25-/m1/s1. The molecule has 1 amide bonds. The molecule has 220 valence electrons. The van der Waals surface area contributed by atoms with Gasteiger partial charge in [0.1, 0.15) is 12.2 Å². The molecule has 41 heavy (non-hydrogen) atoms. The predicted octanol–water partition coefficient (Wildman–Crippen LogP) is 5.93. The van der Waals surface area contributed by atoms with Crippen LogP contribution >= 0.6 is 10.6 Å². The van der Waals surface area contributed by atoms with Crippen molar-refractivity contribution in [3.05, 3.63) is 76.4 Å². The van der Waals surface area contributed by atoms with Gasteiger partial charge in [-0.3, -0.25) is 13.9 Å². The highest BCUT2D eigenvalue weighted by Gasteiger charge is 2.42. The van der Waals surface area contributed by atoms with E-state index in [-0.39, 0.29) is 47.3 Å². The largest absolute Gasteiger partial charge is 0.416 e. The van der Waals surface area contributed by atoms with E-state index in [1.54, 1.807) is 35.2 Å². The summed E-state index contributed by atoms with van der Waals surface area (Å²) >= 11 is 0. The lowest BCUT2D eigenvalue weighted by Gasteiger charge is -2.39. The highest BCUT2D eigenvalue weighted by atomic mass is 32.3. The Balaban J connectivity index is 1.34. The third kappa shape index (κ3) is 5.38. The quantitative estimate of drug-likeness (QED) is 0.316.